The molecule has 1 aromatic rings. The number of nitrogens with zero attached hydrogens (tertiary/aromatic N) is 1. The summed E-state index contributed by atoms with van der Waals surface area (Å²) in [5.41, 5.74) is 1.92. The molecule has 2 rings (SSSR count). The maximum absolute atomic E-state index is 12.3. The van der Waals surface area contributed by atoms with Crippen LogP contribution < -0.4 is 0 Å². The summed E-state index contributed by atoms with van der Waals surface area (Å²) >= 11 is 0. The minimum absolute atomic E-state index is 0.186. The molecule has 0 radical (unpaired) electrons. The minimum atomic E-state index is 0.186. The van der Waals surface area contributed by atoms with Crippen molar-refractivity contribution >= 4 is 12.0 Å². The molecule has 18 heavy (non-hydrogen) atoms. The summed E-state index contributed by atoms with van der Waals surface area (Å²) in [4.78, 5) is 14.3. The SMILES string of the molecule is CC(=Cc1ccccc1)C(=O)N1CCCC(C)C1. The van der Waals surface area contributed by atoms with Crippen LogP contribution in [0.5, 0.6) is 0 Å². The first-order valence-corrected chi connectivity index (χ1v) is 6.69. The van der Waals surface area contributed by atoms with E-state index in [1.54, 1.807) is 0 Å². The third-order valence-electron chi connectivity index (χ3n) is 3.46. The van der Waals surface area contributed by atoms with Gasteiger partial charge in [0.05, 0.1) is 0 Å². The normalized spacial score (nSPS) is 20.9. The highest BCUT2D eigenvalue weighted by Crippen LogP contribution is 2.18. The first-order valence-electron chi connectivity index (χ1n) is 6.69. The van der Waals surface area contributed by atoms with Crippen molar-refractivity contribution in [2.75, 3.05) is 13.1 Å². The number of piperidine rings is 1. The first-order chi connectivity index (χ1) is 8.66. The Bertz CT molecular complexity index is 436. The average molecular weight is 243 g/mol. The first kappa shape index (κ1) is 12.9. The molecule has 0 aromatic heterocycles. The van der Waals surface area contributed by atoms with Gasteiger partial charge in [0.2, 0.25) is 5.91 Å². The second kappa shape index (κ2) is 5.85. The van der Waals surface area contributed by atoms with Crippen molar-refractivity contribution in [2.24, 2.45) is 5.92 Å². The van der Waals surface area contributed by atoms with Crippen LogP contribution in [0.4, 0.5) is 0 Å². The van der Waals surface area contributed by atoms with Crippen LogP contribution in [-0.4, -0.2) is 23.9 Å². The lowest BCUT2D eigenvalue weighted by Gasteiger charge is -2.31. The molecule has 0 aliphatic carbocycles. The standard InChI is InChI=1S/C16H21NO/c1-13-7-6-10-17(12-13)16(18)14(2)11-15-8-4-3-5-9-15/h3-5,8-9,11,13H,6-7,10,12H2,1-2H3. The van der Waals surface area contributed by atoms with Gasteiger partial charge in [-0.05, 0) is 37.3 Å². The van der Waals surface area contributed by atoms with Gasteiger partial charge in [-0.1, -0.05) is 37.3 Å². The van der Waals surface area contributed by atoms with Crippen LogP contribution in [0.2, 0.25) is 0 Å². The van der Waals surface area contributed by atoms with Crippen LogP contribution in [0.3, 0.4) is 0 Å². The zero-order valence-corrected chi connectivity index (χ0v) is 11.2. The Balaban J connectivity index is 2.06. The van der Waals surface area contributed by atoms with Gasteiger partial charge in [0.25, 0.3) is 0 Å². The smallest absolute Gasteiger partial charge is 0.249 e. The average Bonchev–Trinajstić information content (AvgIpc) is 2.39. The molecule has 2 heteroatoms. The van der Waals surface area contributed by atoms with E-state index >= 15 is 0 Å². The van der Waals surface area contributed by atoms with Gasteiger partial charge < -0.3 is 4.90 Å². The van der Waals surface area contributed by atoms with Gasteiger partial charge in [-0.2, -0.15) is 0 Å². The van der Waals surface area contributed by atoms with Crippen LogP contribution in [0.15, 0.2) is 35.9 Å². The van der Waals surface area contributed by atoms with Gasteiger partial charge in [-0.3, -0.25) is 4.79 Å². The predicted molar refractivity (Wildman–Crippen MR) is 75.1 cm³/mol. The fourth-order valence-corrected chi connectivity index (χ4v) is 2.48. The number of hydrogen-bond acceptors (Lipinski definition) is 1. The second-order valence-electron chi connectivity index (χ2n) is 5.24. The summed E-state index contributed by atoms with van der Waals surface area (Å²) in [5.74, 6) is 0.817. The molecule has 1 unspecified atom stereocenters. The summed E-state index contributed by atoms with van der Waals surface area (Å²) in [5, 5.41) is 0. The summed E-state index contributed by atoms with van der Waals surface area (Å²) in [6.45, 7) is 5.94. The van der Waals surface area contributed by atoms with Crippen LogP contribution in [-0.2, 0) is 4.79 Å². The summed E-state index contributed by atoms with van der Waals surface area (Å²) in [7, 11) is 0. The Morgan fingerprint density at radius 3 is 2.72 bits per heavy atom. The van der Waals surface area contributed by atoms with Crippen molar-refractivity contribution in [3.8, 4) is 0 Å². The Hall–Kier alpha value is -1.57. The molecule has 0 bridgehead atoms. The van der Waals surface area contributed by atoms with E-state index in [0.717, 1.165) is 30.6 Å². The van der Waals surface area contributed by atoms with Crippen LogP contribution in [0.25, 0.3) is 6.08 Å². The number of benzene rings is 1. The molecule has 2 nitrogen and oxygen atoms in total. The monoisotopic (exact) mass is 243 g/mol. The number of amides is 1. The topological polar surface area (TPSA) is 20.3 Å². The Morgan fingerprint density at radius 2 is 2.06 bits per heavy atom. The highest BCUT2D eigenvalue weighted by Gasteiger charge is 2.21. The number of carbonyl (C=O) groups excluding carboxylic acids is 1. The quantitative estimate of drug-likeness (QED) is 0.729. The largest absolute Gasteiger partial charge is 0.339 e. The maximum Gasteiger partial charge on any atom is 0.249 e. The number of likely N-dealkylation sites (tertiary alicyclic amines) is 1. The molecule has 1 saturated heterocycles. The predicted octanol–water partition coefficient (Wildman–Crippen LogP) is 3.35. The van der Waals surface area contributed by atoms with E-state index < -0.39 is 0 Å². The zero-order valence-electron chi connectivity index (χ0n) is 11.2. The van der Waals surface area contributed by atoms with Gasteiger partial charge >= 0.3 is 0 Å². The molecule has 1 amide bonds. The molecule has 0 N–H and O–H groups in total. The maximum atomic E-state index is 12.3. The van der Waals surface area contributed by atoms with E-state index in [2.05, 4.69) is 6.92 Å². The fraction of sp³-hybridized carbons (Fsp3) is 0.438. The van der Waals surface area contributed by atoms with Gasteiger partial charge in [-0.15, -0.1) is 0 Å². The zero-order chi connectivity index (χ0) is 13.0. The van der Waals surface area contributed by atoms with Crippen molar-refractivity contribution < 1.29 is 4.79 Å². The van der Waals surface area contributed by atoms with Crippen LogP contribution in [0.1, 0.15) is 32.3 Å². The lowest BCUT2D eigenvalue weighted by atomic mass is 9.99. The second-order valence-corrected chi connectivity index (χ2v) is 5.24. The summed E-state index contributed by atoms with van der Waals surface area (Å²) in [6, 6.07) is 10.0. The van der Waals surface area contributed by atoms with Crippen LogP contribution >= 0.6 is 0 Å². The lowest BCUT2D eigenvalue weighted by molar-refractivity contribution is -0.128. The van der Waals surface area contributed by atoms with E-state index in [0.29, 0.717) is 5.92 Å². The molecule has 1 heterocycles. The molecule has 1 aliphatic heterocycles. The van der Waals surface area contributed by atoms with Crippen molar-refractivity contribution in [1.82, 2.24) is 4.90 Å². The Labute approximate surface area is 109 Å². The lowest BCUT2D eigenvalue weighted by Crippen LogP contribution is -2.39. The van der Waals surface area contributed by atoms with Gasteiger partial charge in [0.15, 0.2) is 0 Å². The van der Waals surface area contributed by atoms with E-state index in [1.165, 1.54) is 6.42 Å². The molecule has 1 aromatic carbocycles. The van der Waals surface area contributed by atoms with Crippen molar-refractivity contribution in [1.29, 1.82) is 0 Å². The van der Waals surface area contributed by atoms with E-state index in [-0.39, 0.29) is 5.91 Å². The van der Waals surface area contributed by atoms with Gasteiger partial charge in [0.1, 0.15) is 0 Å². The molecule has 96 valence electrons. The highest BCUT2D eigenvalue weighted by molar-refractivity contribution is 5.97. The van der Waals surface area contributed by atoms with Crippen molar-refractivity contribution in [3.63, 3.8) is 0 Å². The van der Waals surface area contributed by atoms with E-state index in [1.807, 2.05) is 48.2 Å². The number of carbonyl (C=O) groups is 1. The minimum Gasteiger partial charge on any atom is -0.339 e. The van der Waals surface area contributed by atoms with Gasteiger partial charge in [0, 0.05) is 18.7 Å². The molecule has 1 fully saturated rings. The van der Waals surface area contributed by atoms with Crippen molar-refractivity contribution in [2.45, 2.75) is 26.7 Å². The third-order valence-corrected chi connectivity index (χ3v) is 3.46. The summed E-state index contributed by atoms with van der Waals surface area (Å²) in [6.07, 6.45) is 4.35. The van der Waals surface area contributed by atoms with E-state index in [4.69, 9.17) is 0 Å². The Morgan fingerprint density at radius 1 is 1.33 bits per heavy atom. The fourth-order valence-electron chi connectivity index (χ4n) is 2.48. The molecular weight excluding hydrogens is 222 g/mol. The number of rotatable bonds is 2. The molecule has 1 atom stereocenters. The van der Waals surface area contributed by atoms with Crippen molar-refractivity contribution in [3.05, 3.63) is 41.5 Å². The molecule has 1 aliphatic rings. The molecular formula is C16H21NO. The van der Waals surface area contributed by atoms with Crippen LogP contribution in [0, 0.1) is 5.92 Å². The molecule has 0 saturated carbocycles. The highest BCUT2D eigenvalue weighted by atomic mass is 16.2. The third kappa shape index (κ3) is 3.22. The van der Waals surface area contributed by atoms with Gasteiger partial charge in [-0.25, -0.2) is 0 Å². The summed E-state index contributed by atoms with van der Waals surface area (Å²) < 4.78 is 0. The Kier molecular flexibility index (Phi) is 4.19. The number of hydrogen-bond donors (Lipinski definition) is 0. The van der Waals surface area contributed by atoms with E-state index in [9.17, 15) is 4.79 Å². The molecule has 0 spiro atoms.